The number of rotatable bonds is 3. The second kappa shape index (κ2) is 5.54. The van der Waals surface area contributed by atoms with Crippen molar-refractivity contribution in [3.8, 4) is 0 Å². The van der Waals surface area contributed by atoms with Crippen molar-refractivity contribution in [1.29, 1.82) is 0 Å². The van der Waals surface area contributed by atoms with Gasteiger partial charge in [0, 0.05) is 10.6 Å². The van der Waals surface area contributed by atoms with Gasteiger partial charge in [-0.2, -0.15) is 13.2 Å². The van der Waals surface area contributed by atoms with Crippen molar-refractivity contribution in [2.45, 2.75) is 12.7 Å². The van der Waals surface area contributed by atoms with Gasteiger partial charge in [0.1, 0.15) is 0 Å². The van der Waals surface area contributed by atoms with E-state index in [4.69, 9.17) is 5.73 Å². The molecular weight excluding hydrogens is 289 g/mol. The van der Waals surface area contributed by atoms with Crippen LogP contribution in [0, 0.1) is 0 Å². The van der Waals surface area contributed by atoms with Gasteiger partial charge in [-0.25, -0.2) is 0 Å². The Labute approximate surface area is 117 Å². The first kappa shape index (κ1) is 14.4. The topological polar surface area (TPSA) is 55.1 Å². The Bertz CT molecular complexity index is 609. The summed E-state index contributed by atoms with van der Waals surface area (Å²) in [6.45, 7) is 0.256. The fourth-order valence-corrected chi connectivity index (χ4v) is 2.25. The van der Waals surface area contributed by atoms with Gasteiger partial charge in [0.05, 0.1) is 17.7 Å². The Hall–Kier alpha value is -2.02. The molecule has 2 aromatic rings. The molecule has 0 saturated carbocycles. The van der Waals surface area contributed by atoms with Gasteiger partial charge in [0.2, 0.25) is 0 Å². The molecule has 1 aromatic heterocycles. The van der Waals surface area contributed by atoms with E-state index in [1.807, 2.05) is 17.5 Å². The highest BCUT2D eigenvalue weighted by Crippen LogP contribution is 2.31. The van der Waals surface area contributed by atoms with E-state index in [1.165, 1.54) is 11.3 Å². The molecular formula is C13H11F3N2OS. The standard InChI is InChI=1S/C13H11F3N2OS/c14-13(15,16)8-3-4-11(17)10(6-8)12(19)18-7-9-2-1-5-20-9/h1-6H,7,17H2,(H,18,19). The van der Waals surface area contributed by atoms with Crippen molar-refractivity contribution in [1.82, 2.24) is 5.32 Å². The Kier molecular flexibility index (Phi) is 3.99. The second-order valence-electron chi connectivity index (χ2n) is 4.06. The molecule has 0 fully saturated rings. The third-order valence-corrected chi connectivity index (χ3v) is 3.50. The molecule has 0 atom stereocenters. The molecule has 0 unspecified atom stereocenters. The summed E-state index contributed by atoms with van der Waals surface area (Å²) >= 11 is 1.45. The van der Waals surface area contributed by atoms with Crippen molar-refractivity contribution < 1.29 is 18.0 Å². The van der Waals surface area contributed by atoms with Crippen LogP contribution in [0.3, 0.4) is 0 Å². The fraction of sp³-hybridized carbons (Fsp3) is 0.154. The van der Waals surface area contributed by atoms with Crippen molar-refractivity contribution in [2.24, 2.45) is 0 Å². The monoisotopic (exact) mass is 300 g/mol. The average molecular weight is 300 g/mol. The van der Waals surface area contributed by atoms with Crippen LogP contribution in [-0.2, 0) is 12.7 Å². The van der Waals surface area contributed by atoms with Gasteiger partial charge in [-0.15, -0.1) is 11.3 Å². The number of carbonyl (C=O) groups excluding carboxylic acids is 1. The summed E-state index contributed by atoms with van der Waals surface area (Å²) in [6.07, 6.45) is -4.50. The fourth-order valence-electron chi connectivity index (χ4n) is 1.61. The lowest BCUT2D eigenvalue weighted by molar-refractivity contribution is -0.137. The molecule has 0 aliphatic rings. The molecule has 3 nitrogen and oxygen atoms in total. The number of nitrogens with two attached hydrogens (primary N) is 1. The van der Waals surface area contributed by atoms with Crippen molar-refractivity contribution in [2.75, 3.05) is 5.73 Å². The van der Waals surface area contributed by atoms with E-state index >= 15 is 0 Å². The van der Waals surface area contributed by atoms with Crippen LogP contribution < -0.4 is 11.1 Å². The Morgan fingerprint density at radius 3 is 2.65 bits per heavy atom. The molecule has 1 amide bonds. The highest BCUT2D eigenvalue weighted by molar-refractivity contribution is 7.09. The van der Waals surface area contributed by atoms with E-state index in [0.29, 0.717) is 0 Å². The number of carbonyl (C=O) groups is 1. The SMILES string of the molecule is Nc1ccc(C(F)(F)F)cc1C(=O)NCc1cccs1. The van der Waals surface area contributed by atoms with Gasteiger partial charge < -0.3 is 11.1 Å². The minimum absolute atomic E-state index is 0.0154. The molecule has 20 heavy (non-hydrogen) atoms. The van der Waals surface area contributed by atoms with Gasteiger partial charge in [0.15, 0.2) is 0 Å². The minimum Gasteiger partial charge on any atom is -0.398 e. The number of nitrogens with one attached hydrogen (secondary N) is 1. The maximum absolute atomic E-state index is 12.6. The van der Waals surface area contributed by atoms with Gasteiger partial charge in [-0.05, 0) is 29.6 Å². The van der Waals surface area contributed by atoms with Crippen LogP contribution in [0.15, 0.2) is 35.7 Å². The molecule has 106 valence electrons. The Balaban J connectivity index is 2.16. The second-order valence-corrected chi connectivity index (χ2v) is 5.09. The summed E-state index contributed by atoms with van der Waals surface area (Å²) in [7, 11) is 0. The number of hydrogen-bond acceptors (Lipinski definition) is 3. The number of alkyl halides is 3. The van der Waals surface area contributed by atoms with Crippen molar-refractivity contribution in [3.05, 3.63) is 51.7 Å². The first-order valence-corrected chi connectivity index (χ1v) is 6.53. The summed E-state index contributed by atoms with van der Waals surface area (Å²) in [5.41, 5.74) is 4.51. The molecule has 0 aliphatic heterocycles. The van der Waals surface area contributed by atoms with E-state index in [0.717, 1.165) is 23.1 Å². The molecule has 2 rings (SSSR count). The zero-order chi connectivity index (χ0) is 14.8. The van der Waals surface area contributed by atoms with Crippen LogP contribution in [-0.4, -0.2) is 5.91 Å². The molecule has 0 saturated heterocycles. The minimum atomic E-state index is -4.50. The first-order valence-electron chi connectivity index (χ1n) is 5.65. The zero-order valence-electron chi connectivity index (χ0n) is 10.2. The molecule has 3 N–H and O–H groups in total. The Morgan fingerprint density at radius 1 is 1.30 bits per heavy atom. The van der Waals surface area contributed by atoms with Crippen molar-refractivity contribution in [3.63, 3.8) is 0 Å². The summed E-state index contributed by atoms with van der Waals surface area (Å²) in [4.78, 5) is 12.8. The third kappa shape index (κ3) is 3.30. The number of benzene rings is 1. The smallest absolute Gasteiger partial charge is 0.398 e. The number of amides is 1. The quantitative estimate of drug-likeness (QED) is 0.855. The lowest BCUT2D eigenvalue weighted by Crippen LogP contribution is -2.24. The lowest BCUT2D eigenvalue weighted by Gasteiger charge is -2.11. The maximum atomic E-state index is 12.6. The van der Waals surface area contributed by atoms with E-state index < -0.39 is 17.6 Å². The van der Waals surface area contributed by atoms with Crippen LogP contribution in [0.5, 0.6) is 0 Å². The molecule has 0 bridgehead atoms. The van der Waals surface area contributed by atoms with Crippen LogP contribution in [0.4, 0.5) is 18.9 Å². The molecule has 0 aliphatic carbocycles. The van der Waals surface area contributed by atoms with Crippen LogP contribution in [0.25, 0.3) is 0 Å². The molecule has 7 heteroatoms. The maximum Gasteiger partial charge on any atom is 0.416 e. The van der Waals surface area contributed by atoms with Crippen LogP contribution in [0.2, 0.25) is 0 Å². The number of anilines is 1. The predicted octanol–water partition coefficient (Wildman–Crippen LogP) is 3.28. The van der Waals surface area contributed by atoms with E-state index in [1.54, 1.807) is 0 Å². The molecule has 0 radical (unpaired) electrons. The van der Waals surface area contributed by atoms with Gasteiger partial charge in [-0.1, -0.05) is 6.07 Å². The lowest BCUT2D eigenvalue weighted by atomic mass is 10.1. The number of nitrogen functional groups attached to an aromatic ring is 1. The van der Waals surface area contributed by atoms with Gasteiger partial charge in [-0.3, -0.25) is 4.79 Å². The molecule has 1 aromatic carbocycles. The summed E-state index contributed by atoms with van der Waals surface area (Å²) in [5, 5.41) is 4.39. The highest BCUT2D eigenvalue weighted by Gasteiger charge is 2.31. The van der Waals surface area contributed by atoms with E-state index in [9.17, 15) is 18.0 Å². The Morgan fingerprint density at radius 2 is 2.05 bits per heavy atom. The van der Waals surface area contributed by atoms with Crippen molar-refractivity contribution >= 4 is 22.9 Å². The predicted molar refractivity (Wildman–Crippen MR) is 71.3 cm³/mol. The molecule has 0 spiro atoms. The number of hydrogen-bond donors (Lipinski definition) is 2. The summed E-state index contributed by atoms with van der Waals surface area (Å²) in [6, 6.07) is 6.35. The largest absolute Gasteiger partial charge is 0.416 e. The normalized spacial score (nSPS) is 11.3. The van der Waals surface area contributed by atoms with Crippen LogP contribution in [0.1, 0.15) is 20.8 Å². The van der Waals surface area contributed by atoms with E-state index in [2.05, 4.69) is 5.32 Å². The van der Waals surface area contributed by atoms with Gasteiger partial charge in [0.25, 0.3) is 5.91 Å². The van der Waals surface area contributed by atoms with Gasteiger partial charge >= 0.3 is 6.18 Å². The number of halogens is 3. The first-order chi connectivity index (χ1) is 9.38. The zero-order valence-corrected chi connectivity index (χ0v) is 11.0. The van der Waals surface area contributed by atoms with Crippen LogP contribution >= 0.6 is 11.3 Å². The summed E-state index contributed by atoms with van der Waals surface area (Å²) in [5.74, 6) is -0.623. The van der Waals surface area contributed by atoms with E-state index in [-0.39, 0.29) is 17.8 Å². The summed E-state index contributed by atoms with van der Waals surface area (Å²) < 4.78 is 37.8. The highest BCUT2D eigenvalue weighted by atomic mass is 32.1. The third-order valence-electron chi connectivity index (χ3n) is 2.63. The average Bonchev–Trinajstić information content (AvgIpc) is 2.88. The number of thiophene rings is 1. The molecule has 1 heterocycles.